The molecule has 0 atom stereocenters. The van der Waals surface area contributed by atoms with Crippen molar-refractivity contribution in [3.8, 4) is 0 Å². The van der Waals surface area contributed by atoms with E-state index in [9.17, 15) is 0 Å². The maximum atomic E-state index is 4.22. The SMILES string of the molecule is S[PH](I)(I)I. The fourth-order valence-corrected chi connectivity index (χ4v) is 0. The van der Waals surface area contributed by atoms with Crippen molar-refractivity contribution in [3.63, 3.8) is 0 Å². The van der Waals surface area contributed by atoms with E-state index in [1.807, 2.05) is 0 Å². The number of rotatable bonds is 0. The molecule has 0 aliphatic carbocycles. The molecule has 5 heavy (non-hydrogen) atoms. The second-order valence-electron chi connectivity index (χ2n) is 0.468. The molecule has 0 aliphatic heterocycles. The van der Waals surface area contributed by atoms with Crippen LogP contribution in [-0.2, 0) is 0 Å². The van der Waals surface area contributed by atoms with Crippen LogP contribution in [0.1, 0.15) is 0 Å². The summed E-state index contributed by atoms with van der Waals surface area (Å²) in [5.74, 6) is 0. The second-order valence-corrected chi connectivity index (χ2v) is 44.2. The summed E-state index contributed by atoms with van der Waals surface area (Å²) in [6, 6.07) is 0. The van der Waals surface area contributed by atoms with E-state index in [4.69, 9.17) is 0 Å². The summed E-state index contributed by atoms with van der Waals surface area (Å²) < 4.78 is -1.01. The van der Waals surface area contributed by atoms with E-state index >= 15 is 0 Å². The van der Waals surface area contributed by atoms with Crippen LogP contribution in [0.3, 0.4) is 0 Å². The predicted octanol–water partition coefficient (Wildman–Crippen LogP) is 3.63. The van der Waals surface area contributed by atoms with Crippen molar-refractivity contribution >= 4 is 77.8 Å². The average molecular weight is 446 g/mol. The number of halogens is 3. The molecular weight excluding hydrogens is 444 g/mol. The zero-order valence-electron chi connectivity index (χ0n) is 2.08. The molecule has 0 rings (SSSR count). The van der Waals surface area contributed by atoms with Crippen molar-refractivity contribution in [3.05, 3.63) is 0 Å². The summed E-state index contributed by atoms with van der Waals surface area (Å²) in [7, 11) is 0. The van der Waals surface area contributed by atoms with E-state index in [1.54, 1.807) is 0 Å². The first kappa shape index (κ1) is 7.97. The van der Waals surface area contributed by atoms with Crippen LogP contribution in [0, 0.1) is 0 Å². The monoisotopic (exact) mass is 446 g/mol. The molecule has 0 aromatic rings. The van der Waals surface area contributed by atoms with Gasteiger partial charge in [-0.25, -0.2) is 0 Å². The van der Waals surface area contributed by atoms with Crippen LogP contribution < -0.4 is 0 Å². The molecule has 0 aromatic heterocycles. The van der Waals surface area contributed by atoms with Gasteiger partial charge >= 0.3 is 77.8 Å². The zero-order valence-corrected chi connectivity index (χ0v) is 10.4. The van der Waals surface area contributed by atoms with Crippen LogP contribution in [0.15, 0.2) is 0 Å². The summed E-state index contributed by atoms with van der Waals surface area (Å²) in [5.41, 5.74) is 0. The molecule has 0 N–H and O–H groups in total. The van der Waals surface area contributed by atoms with Gasteiger partial charge in [-0.15, -0.1) is 0 Å². The van der Waals surface area contributed by atoms with Gasteiger partial charge in [0.2, 0.25) is 0 Å². The maximum absolute atomic E-state index is 4.22. The molecule has 0 heterocycles. The van der Waals surface area contributed by atoms with E-state index in [0.29, 0.717) is 0 Å². The van der Waals surface area contributed by atoms with Crippen molar-refractivity contribution in [2.75, 3.05) is 0 Å². The van der Waals surface area contributed by atoms with E-state index < -0.39 is -0.608 Å². The Morgan fingerprint density at radius 3 is 1.20 bits per heavy atom. The van der Waals surface area contributed by atoms with Gasteiger partial charge in [-0.05, 0) is 0 Å². The molecule has 0 fully saturated rings. The van der Waals surface area contributed by atoms with Gasteiger partial charge in [-0.2, -0.15) is 0 Å². The van der Waals surface area contributed by atoms with Gasteiger partial charge in [-0.3, -0.25) is 0 Å². The van der Waals surface area contributed by atoms with Gasteiger partial charge in [0.15, 0.2) is 0 Å². The predicted molar refractivity (Wildman–Crippen MR) is 59.4 cm³/mol. The Bertz CT molecular complexity index is 22.4. The number of thiol groups is 1. The van der Waals surface area contributed by atoms with Crippen molar-refractivity contribution in [1.82, 2.24) is 0 Å². The molecule has 0 unspecified atom stereocenters. The standard InChI is InChI=1S/H2I3PS/c1-4(2,3)5/h4-5H. The molecule has 0 nitrogen and oxygen atoms in total. The molecule has 0 spiro atoms. The van der Waals surface area contributed by atoms with E-state index in [2.05, 4.69) is 78.4 Å². The quantitative estimate of drug-likeness (QED) is 0.329. The first-order valence-corrected chi connectivity index (χ1v) is 13.4. The normalized spacial score (nSPS) is 15.2. The third-order valence-electron chi connectivity index (χ3n) is 0. The molecule has 0 aromatic carbocycles. The van der Waals surface area contributed by atoms with Crippen LogP contribution in [-0.4, -0.2) is 0 Å². The van der Waals surface area contributed by atoms with Gasteiger partial charge in [0.1, 0.15) is 0 Å². The molecular formula is H2I3PS. The van der Waals surface area contributed by atoms with E-state index in [0.717, 1.165) is 0 Å². The summed E-state index contributed by atoms with van der Waals surface area (Å²) in [6.45, 7) is 0. The summed E-state index contributed by atoms with van der Waals surface area (Å²) >= 11 is 11.3. The van der Waals surface area contributed by atoms with Crippen molar-refractivity contribution in [2.24, 2.45) is 0 Å². The van der Waals surface area contributed by atoms with Gasteiger partial charge in [0.05, 0.1) is 0 Å². The summed E-state index contributed by atoms with van der Waals surface area (Å²) in [4.78, 5) is 0. The first-order valence-electron chi connectivity index (χ1n) is 0.791. The minimum atomic E-state index is -1.01. The summed E-state index contributed by atoms with van der Waals surface area (Å²) in [6.07, 6.45) is 0. The van der Waals surface area contributed by atoms with Gasteiger partial charge in [0, 0.05) is 0 Å². The molecule has 0 amide bonds. The molecule has 0 saturated heterocycles. The molecule has 0 aliphatic rings. The van der Waals surface area contributed by atoms with Crippen molar-refractivity contribution in [2.45, 2.75) is 0 Å². The van der Waals surface area contributed by atoms with Crippen LogP contribution in [0.5, 0.6) is 0 Å². The van der Waals surface area contributed by atoms with Crippen molar-refractivity contribution < 1.29 is 0 Å². The van der Waals surface area contributed by atoms with Crippen LogP contribution in [0.25, 0.3) is 0 Å². The molecule has 5 heteroatoms. The Kier molecular flexibility index (Phi) is 4.92. The Hall–Kier alpha value is 2.97. The second kappa shape index (κ2) is 3.09. The topological polar surface area (TPSA) is 0 Å². The van der Waals surface area contributed by atoms with Crippen molar-refractivity contribution in [1.29, 1.82) is 0 Å². The molecule has 0 saturated carbocycles. The van der Waals surface area contributed by atoms with Crippen LogP contribution in [0.2, 0.25) is 0 Å². The minimum absolute atomic E-state index is 1.01. The molecule has 0 bridgehead atoms. The number of hydrogen-bond donors (Lipinski definition) is 1. The fraction of sp³-hybridized carbons (Fsp3) is 0. The van der Waals surface area contributed by atoms with Crippen LogP contribution in [0.4, 0.5) is 0 Å². The van der Waals surface area contributed by atoms with E-state index in [-0.39, 0.29) is 0 Å². The van der Waals surface area contributed by atoms with Gasteiger partial charge in [-0.1, -0.05) is 0 Å². The Morgan fingerprint density at radius 1 is 1.20 bits per heavy atom. The Morgan fingerprint density at radius 2 is 1.20 bits per heavy atom. The Labute approximate surface area is 76.2 Å². The third-order valence-corrected chi connectivity index (χ3v) is 0. The zero-order chi connectivity index (χ0) is 4.50. The Balaban J connectivity index is 3.02. The molecule has 34 valence electrons. The fourth-order valence-electron chi connectivity index (χ4n) is 0. The third kappa shape index (κ3) is 19.5. The van der Waals surface area contributed by atoms with Crippen LogP contribution >= 0.6 is 77.8 Å². The molecule has 0 radical (unpaired) electrons. The van der Waals surface area contributed by atoms with E-state index in [1.165, 1.54) is 0 Å². The number of hydrogen-bond acceptors (Lipinski definition) is 1. The summed E-state index contributed by atoms with van der Waals surface area (Å²) in [5, 5.41) is 0. The first-order chi connectivity index (χ1) is 2.00. The average Bonchev–Trinajstić information content (AvgIpc) is 0.722. The van der Waals surface area contributed by atoms with Gasteiger partial charge in [0.25, 0.3) is 0 Å². The van der Waals surface area contributed by atoms with Gasteiger partial charge < -0.3 is 0 Å².